The van der Waals surface area contributed by atoms with Gasteiger partial charge in [-0.15, -0.1) is 10.2 Å². The number of nitrogens with zero attached hydrogens (tertiary/aromatic N) is 5. The number of rotatable bonds is 6. The van der Waals surface area contributed by atoms with Crippen molar-refractivity contribution >= 4 is 5.96 Å². The van der Waals surface area contributed by atoms with Gasteiger partial charge in [0.2, 0.25) is 0 Å². The molecule has 0 amide bonds. The van der Waals surface area contributed by atoms with Crippen LogP contribution in [0.15, 0.2) is 29.4 Å². The van der Waals surface area contributed by atoms with Crippen LogP contribution in [0, 0.1) is 0 Å². The molecule has 1 aliphatic rings. The van der Waals surface area contributed by atoms with Crippen molar-refractivity contribution in [1.82, 2.24) is 25.1 Å². The minimum absolute atomic E-state index is 0.474. The Morgan fingerprint density at radius 2 is 2.17 bits per heavy atom. The van der Waals surface area contributed by atoms with E-state index in [1.807, 2.05) is 18.2 Å². The standard InChI is InChI=1S/C17H25N7/c18-17(20-11-8-14-6-3-4-10-19-14)21-12-9-16-23-22-15-7-2-1-5-13-24(15)16/h3-4,6,10H,1-2,5,7-9,11-13H2,(H3,18,20,21). The molecule has 0 atom stereocenters. The zero-order valence-corrected chi connectivity index (χ0v) is 14.0. The molecule has 3 N–H and O–H groups in total. The van der Waals surface area contributed by atoms with Gasteiger partial charge in [-0.05, 0) is 25.0 Å². The van der Waals surface area contributed by atoms with Crippen LogP contribution in [-0.4, -0.2) is 38.8 Å². The molecule has 24 heavy (non-hydrogen) atoms. The summed E-state index contributed by atoms with van der Waals surface area (Å²) in [5.41, 5.74) is 6.96. The van der Waals surface area contributed by atoms with E-state index in [4.69, 9.17) is 5.73 Å². The van der Waals surface area contributed by atoms with Gasteiger partial charge in [0.1, 0.15) is 11.6 Å². The lowest BCUT2D eigenvalue weighted by Gasteiger charge is -2.07. The summed E-state index contributed by atoms with van der Waals surface area (Å²) in [7, 11) is 0. The smallest absolute Gasteiger partial charge is 0.188 e. The summed E-state index contributed by atoms with van der Waals surface area (Å²) in [6, 6.07) is 5.91. The van der Waals surface area contributed by atoms with E-state index in [-0.39, 0.29) is 0 Å². The molecule has 0 fully saturated rings. The maximum atomic E-state index is 5.92. The average molecular weight is 327 g/mol. The highest BCUT2D eigenvalue weighted by atomic mass is 15.3. The molecule has 7 heteroatoms. The molecule has 3 heterocycles. The number of nitrogens with one attached hydrogen (secondary N) is 1. The summed E-state index contributed by atoms with van der Waals surface area (Å²) >= 11 is 0. The van der Waals surface area contributed by atoms with Crippen molar-refractivity contribution in [2.24, 2.45) is 10.7 Å². The van der Waals surface area contributed by atoms with Crippen LogP contribution in [0.5, 0.6) is 0 Å². The molecule has 0 aliphatic carbocycles. The quantitative estimate of drug-likeness (QED) is 0.612. The lowest BCUT2D eigenvalue weighted by atomic mass is 10.2. The van der Waals surface area contributed by atoms with Crippen LogP contribution in [0.3, 0.4) is 0 Å². The predicted octanol–water partition coefficient (Wildman–Crippen LogP) is 1.09. The summed E-state index contributed by atoms with van der Waals surface area (Å²) in [5, 5.41) is 11.7. The van der Waals surface area contributed by atoms with Crippen LogP contribution in [0.1, 0.15) is 36.6 Å². The molecule has 1 aliphatic heterocycles. The van der Waals surface area contributed by atoms with Gasteiger partial charge in [0.25, 0.3) is 0 Å². The number of nitrogens with two attached hydrogens (primary N) is 1. The third kappa shape index (κ3) is 4.53. The highest BCUT2D eigenvalue weighted by molar-refractivity contribution is 5.77. The molecule has 0 radical (unpaired) electrons. The van der Waals surface area contributed by atoms with E-state index in [1.54, 1.807) is 6.20 Å². The molecule has 128 valence electrons. The van der Waals surface area contributed by atoms with Crippen molar-refractivity contribution in [3.63, 3.8) is 0 Å². The molecule has 0 aromatic carbocycles. The summed E-state index contributed by atoms with van der Waals surface area (Å²) in [5.74, 6) is 2.62. The molecule has 2 aromatic rings. The normalized spacial score (nSPS) is 14.9. The summed E-state index contributed by atoms with van der Waals surface area (Å²) in [4.78, 5) is 8.67. The number of hydrogen-bond donors (Lipinski definition) is 2. The van der Waals surface area contributed by atoms with Crippen molar-refractivity contribution in [3.05, 3.63) is 41.7 Å². The SMILES string of the molecule is NC(=NCCc1nnc2n1CCCCC2)NCCc1ccccn1. The Bertz CT molecular complexity index is 663. The predicted molar refractivity (Wildman–Crippen MR) is 93.7 cm³/mol. The zero-order chi connectivity index (χ0) is 16.6. The first-order chi connectivity index (χ1) is 11.8. The van der Waals surface area contributed by atoms with E-state index in [0.29, 0.717) is 12.5 Å². The Morgan fingerprint density at radius 3 is 3.04 bits per heavy atom. The molecule has 7 nitrogen and oxygen atoms in total. The molecule has 0 bridgehead atoms. The number of aromatic nitrogens is 4. The van der Waals surface area contributed by atoms with Crippen molar-refractivity contribution in [1.29, 1.82) is 0 Å². The van der Waals surface area contributed by atoms with E-state index in [1.165, 1.54) is 19.3 Å². The highest BCUT2D eigenvalue weighted by Gasteiger charge is 2.13. The maximum Gasteiger partial charge on any atom is 0.188 e. The van der Waals surface area contributed by atoms with Gasteiger partial charge < -0.3 is 15.6 Å². The van der Waals surface area contributed by atoms with Crippen molar-refractivity contribution in [3.8, 4) is 0 Å². The van der Waals surface area contributed by atoms with Crippen molar-refractivity contribution in [2.75, 3.05) is 13.1 Å². The Labute approximate surface area is 142 Å². The number of aryl methyl sites for hydroxylation is 1. The minimum Gasteiger partial charge on any atom is -0.370 e. The number of hydrogen-bond acceptors (Lipinski definition) is 4. The number of guanidine groups is 1. The molecule has 2 aromatic heterocycles. The fraction of sp³-hybridized carbons (Fsp3) is 0.529. The van der Waals surface area contributed by atoms with Crippen LogP contribution in [0.25, 0.3) is 0 Å². The molecule has 0 unspecified atom stereocenters. The van der Waals surface area contributed by atoms with Gasteiger partial charge in [-0.25, -0.2) is 0 Å². The minimum atomic E-state index is 0.474. The van der Waals surface area contributed by atoms with E-state index < -0.39 is 0 Å². The van der Waals surface area contributed by atoms with Crippen molar-refractivity contribution < 1.29 is 0 Å². The first-order valence-electron chi connectivity index (χ1n) is 8.67. The Hall–Kier alpha value is -2.44. The Balaban J connectivity index is 1.43. The van der Waals surface area contributed by atoms with Gasteiger partial charge in [-0.3, -0.25) is 9.98 Å². The number of aliphatic imine (C=N–C) groups is 1. The summed E-state index contributed by atoms with van der Waals surface area (Å²) in [6.07, 6.45) is 8.13. The van der Waals surface area contributed by atoms with Gasteiger partial charge in [-0.2, -0.15) is 0 Å². The monoisotopic (exact) mass is 327 g/mol. The fourth-order valence-corrected chi connectivity index (χ4v) is 2.93. The van der Waals surface area contributed by atoms with Crippen LogP contribution in [0.4, 0.5) is 0 Å². The van der Waals surface area contributed by atoms with Crippen molar-refractivity contribution in [2.45, 2.75) is 45.1 Å². The summed E-state index contributed by atoms with van der Waals surface area (Å²) < 4.78 is 2.26. The molecule has 0 saturated carbocycles. The summed E-state index contributed by atoms with van der Waals surface area (Å²) in [6.45, 7) is 2.38. The average Bonchev–Trinajstić information content (AvgIpc) is 2.83. The van der Waals surface area contributed by atoms with Crippen LogP contribution < -0.4 is 11.1 Å². The molecule has 0 spiro atoms. The highest BCUT2D eigenvalue weighted by Crippen LogP contribution is 2.14. The number of pyridine rings is 1. The first kappa shape index (κ1) is 16.4. The van der Waals surface area contributed by atoms with E-state index >= 15 is 0 Å². The molecular weight excluding hydrogens is 302 g/mol. The van der Waals surface area contributed by atoms with Gasteiger partial charge in [0, 0.05) is 50.8 Å². The van der Waals surface area contributed by atoms with Gasteiger partial charge >= 0.3 is 0 Å². The zero-order valence-electron chi connectivity index (χ0n) is 14.0. The van der Waals surface area contributed by atoms with E-state index in [2.05, 4.69) is 30.1 Å². The van der Waals surface area contributed by atoms with Gasteiger partial charge in [0.05, 0.1) is 0 Å². The molecular formula is C17H25N7. The molecule has 0 saturated heterocycles. The third-order valence-electron chi connectivity index (χ3n) is 4.22. The Kier molecular flexibility index (Phi) is 5.76. The second kappa shape index (κ2) is 8.42. The van der Waals surface area contributed by atoms with Crippen LogP contribution >= 0.6 is 0 Å². The maximum absolute atomic E-state index is 5.92. The van der Waals surface area contributed by atoms with Crippen LogP contribution in [-0.2, 0) is 25.8 Å². The van der Waals surface area contributed by atoms with Gasteiger partial charge in [0.15, 0.2) is 5.96 Å². The lowest BCUT2D eigenvalue weighted by Crippen LogP contribution is -2.33. The van der Waals surface area contributed by atoms with Crippen LogP contribution in [0.2, 0.25) is 0 Å². The Morgan fingerprint density at radius 1 is 1.21 bits per heavy atom. The van der Waals surface area contributed by atoms with Gasteiger partial charge in [-0.1, -0.05) is 12.5 Å². The largest absolute Gasteiger partial charge is 0.370 e. The van der Waals surface area contributed by atoms with E-state index in [9.17, 15) is 0 Å². The topological polar surface area (TPSA) is 94.0 Å². The second-order valence-electron chi connectivity index (χ2n) is 6.01. The van der Waals surface area contributed by atoms with E-state index in [0.717, 1.165) is 49.7 Å². The lowest BCUT2D eigenvalue weighted by molar-refractivity contribution is 0.604. The number of fused-ring (bicyclic) bond motifs is 1. The third-order valence-corrected chi connectivity index (χ3v) is 4.22. The first-order valence-corrected chi connectivity index (χ1v) is 8.67. The molecule has 3 rings (SSSR count). The fourth-order valence-electron chi connectivity index (χ4n) is 2.93. The second-order valence-corrected chi connectivity index (χ2v) is 6.01.